The highest BCUT2D eigenvalue weighted by Gasteiger charge is 2.23. The van der Waals surface area contributed by atoms with Gasteiger partial charge in [0.05, 0.1) is 0 Å². The van der Waals surface area contributed by atoms with E-state index < -0.39 is 0 Å². The molecule has 0 atom stereocenters. The number of hydrogen-bond donors (Lipinski definition) is 0. The van der Waals surface area contributed by atoms with Crippen molar-refractivity contribution in [3.63, 3.8) is 0 Å². The summed E-state index contributed by atoms with van der Waals surface area (Å²) in [4.78, 5) is 0. The van der Waals surface area contributed by atoms with Crippen molar-refractivity contribution in [3.8, 4) is 56.7 Å². The Bertz CT molecular complexity index is 2750. The molecule has 0 spiro atoms. The molecule has 2 aliphatic carbocycles. The number of benzene rings is 6. The van der Waals surface area contributed by atoms with Gasteiger partial charge >= 0.3 is 0 Å². The van der Waals surface area contributed by atoms with Crippen molar-refractivity contribution >= 4 is 17.7 Å². The molecule has 0 N–H and O–H groups in total. The van der Waals surface area contributed by atoms with E-state index in [4.69, 9.17) is 20.4 Å². The zero-order valence-corrected chi connectivity index (χ0v) is 30.1. The van der Waals surface area contributed by atoms with Crippen molar-refractivity contribution in [2.75, 3.05) is 0 Å². The summed E-state index contributed by atoms with van der Waals surface area (Å²) in [7, 11) is 0. The van der Waals surface area contributed by atoms with Crippen molar-refractivity contribution in [2.45, 2.75) is 19.3 Å². The van der Waals surface area contributed by atoms with Gasteiger partial charge in [-0.3, -0.25) is 9.13 Å². The summed E-state index contributed by atoms with van der Waals surface area (Å²) in [6.07, 6.45) is 13.9. The summed E-state index contributed by atoms with van der Waals surface area (Å²) in [5, 5.41) is 19.2. The zero-order valence-electron chi connectivity index (χ0n) is 30.1. The van der Waals surface area contributed by atoms with E-state index in [9.17, 15) is 0 Å². The van der Waals surface area contributed by atoms with E-state index in [-0.39, 0.29) is 0 Å². The third kappa shape index (κ3) is 5.94. The highest BCUT2D eigenvalue weighted by Crippen LogP contribution is 2.36. The molecule has 0 aliphatic heterocycles. The van der Waals surface area contributed by atoms with E-state index >= 15 is 0 Å². The van der Waals surface area contributed by atoms with Gasteiger partial charge in [0.2, 0.25) is 0 Å². The molecule has 0 fully saturated rings. The van der Waals surface area contributed by atoms with Gasteiger partial charge in [-0.2, -0.15) is 0 Å². The third-order valence-electron chi connectivity index (χ3n) is 10.5. The highest BCUT2D eigenvalue weighted by molar-refractivity contribution is 5.85. The summed E-state index contributed by atoms with van der Waals surface area (Å²) in [6, 6.07) is 53.0. The Labute approximate surface area is 320 Å². The first-order valence-electron chi connectivity index (χ1n) is 18.8. The topological polar surface area (TPSA) is 61.4 Å². The second-order valence-electron chi connectivity index (χ2n) is 13.8. The van der Waals surface area contributed by atoms with Crippen LogP contribution in [0, 0.1) is 0 Å². The van der Waals surface area contributed by atoms with Crippen LogP contribution in [0.2, 0.25) is 0 Å². The molecule has 2 aromatic heterocycles. The Kier molecular flexibility index (Phi) is 8.26. The van der Waals surface area contributed by atoms with Crippen molar-refractivity contribution in [1.29, 1.82) is 0 Å². The summed E-state index contributed by atoms with van der Waals surface area (Å²) < 4.78 is 4.37. The fourth-order valence-corrected chi connectivity index (χ4v) is 7.84. The van der Waals surface area contributed by atoms with E-state index in [0.717, 1.165) is 92.9 Å². The monoisotopic (exact) mass is 708 g/mol. The van der Waals surface area contributed by atoms with Crippen LogP contribution in [-0.2, 0) is 6.42 Å². The Morgan fingerprint density at radius 3 is 1.58 bits per heavy atom. The van der Waals surface area contributed by atoms with Crippen LogP contribution < -0.4 is 0 Å². The van der Waals surface area contributed by atoms with E-state index in [0.29, 0.717) is 0 Å². The Morgan fingerprint density at radius 2 is 0.909 bits per heavy atom. The van der Waals surface area contributed by atoms with Crippen LogP contribution >= 0.6 is 0 Å². The molecule has 0 radical (unpaired) electrons. The molecule has 0 unspecified atom stereocenters. The minimum atomic E-state index is 0.797. The van der Waals surface area contributed by atoms with Gasteiger partial charge in [-0.25, -0.2) is 0 Å². The van der Waals surface area contributed by atoms with Crippen LogP contribution in [0.3, 0.4) is 0 Å². The lowest BCUT2D eigenvalue weighted by Gasteiger charge is -2.17. The quantitative estimate of drug-likeness (QED) is 0.165. The van der Waals surface area contributed by atoms with Gasteiger partial charge in [0.1, 0.15) is 0 Å². The van der Waals surface area contributed by atoms with Crippen molar-refractivity contribution < 1.29 is 0 Å². The molecular weight excluding hydrogens is 673 g/mol. The average Bonchev–Trinajstić information content (AvgIpc) is 3.84. The van der Waals surface area contributed by atoms with Gasteiger partial charge in [-0.15, -0.1) is 20.4 Å². The van der Waals surface area contributed by atoms with E-state index in [2.05, 4.69) is 179 Å². The van der Waals surface area contributed by atoms with Gasteiger partial charge in [0.15, 0.2) is 23.3 Å². The molecule has 0 saturated carbocycles. The fourth-order valence-electron chi connectivity index (χ4n) is 7.84. The first-order valence-corrected chi connectivity index (χ1v) is 18.8. The molecule has 0 amide bonds. The predicted octanol–water partition coefficient (Wildman–Crippen LogP) is 11.3. The maximum atomic E-state index is 4.82. The lowest BCUT2D eigenvalue weighted by Crippen LogP contribution is -2.04. The molecular formula is C49H36N6. The zero-order chi connectivity index (χ0) is 36.6. The number of aromatic nitrogens is 6. The molecule has 2 heterocycles. The van der Waals surface area contributed by atoms with Crippen LogP contribution in [0.15, 0.2) is 170 Å². The SMILES string of the molecule is C1=Cc2ccccc2C(c2nnc(-c3ccc(-c4ccc(-c5nnc(-c6cccc7c6CCC=C7)n5-c5ccccc5)cc4)cc3)n2-c2ccccc2)=CC1. The van der Waals surface area contributed by atoms with Crippen LogP contribution in [-0.4, -0.2) is 29.5 Å². The van der Waals surface area contributed by atoms with E-state index in [1.54, 1.807) is 0 Å². The molecule has 2 aliphatic rings. The largest absolute Gasteiger partial charge is 0.275 e. The van der Waals surface area contributed by atoms with E-state index in [1.807, 2.05) is 12.1 Å². The fraction of sp³-hybridized carbons (Fsp3) is 0.0612. The summed E-state index contributed by atoms with van der Waals surface area (Å²) >= 11 is 0. The van der Waals surface area contributed by atoms with E-state index in [1.165, 1.54) is 16.7 Å². The maximum Gasteiger partial charge on any atom is 0.169 e. The highest BCUT2D eigenvalue weighted by atomic mass is 15.3. The molecule has 0 saturated heterocycles. The molecule has 6 heteroatoms. The van der Waals surface area contributed by atoms with Crippen LogP contribution in [0.4, 0.5) is 0 Å². The lowest BCUT2D eigenvalue weighted by molar-refractivity contribution is 0.975. The van der Waals surface area contributed by atoms with Gasteiger partial charge in [0.25, 0.3) is 0 Å². The normalized spacial score (nSPS) is 13.2. The third-order valence-corrected chi connectivity index (χ3v) is 10.5. The minimum absolute atomic E-state index is 0.797. The number of allylic oxidation sites excluding steroid dienone is 3. The van der Waals surface area contributed by atoms with Crippen LogP contribution in [0.5, 0.6) is 0 Å². The summed E-state index contributed by atoms with van der Waals surface area (Å²) in [6.45, 7) is 0. The van der Waals surface area contributed by atoms with Gasteiger partial charge < -0.3 is 0 Å². The summed E-state index contributed by atoms with van der Waals surface area (Å²) in [5.74, 6) is 3.29. The smallest absolute Gasteiger partial charge is 0.169 e. The molecule has 6 aromatic carbocycles. The first-order chi connectivity index (χ1) is 27.3. The Balaban J connectivity index is 0.995. The first kappa shape index (κ1) is 32.5. The molecule has 10 rings (SSSR count). The Hall–Kier alpha value is -7.18. The maximum absolute atomic E-state index is 4.82. The van der Waals surface area contributed by atoms with Crippen molar-refractivity contribution in [2.24, 2.45) is 0 Å². The minimum Gasteiger partial charge on any atom is -0.275 e. The number of rotatable bonds is 7. The molecule has 262 valence electrons. The van der Waals surface area contributed by atoms with Gasteiger partial charge in [-0.05, 0) is 76.9 Å². The summed E-state index contributed by atoms with van der Waals surface area (Å²) in [5.41, 5.74) is 13.4. The Morgan fingerprint density at radius 1 is 0.400 bits per heavy atom. The molecule has 6 nitrogen and oxygen atoms in total. The molecule has 0 bridgehead atoms. The number of fused-ring (bicyclic) bond motifs is 2. The van der Waals surface area contributed by atoms with Gasteiger partial charge in [-0.1, -0.05) is 158 Å². The van der Waals surface area contributed by atoms with Crippen molar-refractivity contribution in [3.05, 3.63) is 198 Å². The number of nitrogens with zero attached hydrogens (tertiary/aromatic N) is 6. The van der Waals surface area contributed by atoms with Crippen molar-refractivity contribution in [1.82, 2.24) is 29.5 Å². The molecule has 55 heavy (non-hydrogen) atoms. The van der Waals surface area contributed by atoms with Gasteiger partial charge in [0, 0.05) is 33.6 Å². The predicted molar refractivity (Wildman–Crippen MR) is 223 cm³/mol. The standard InChI is InChI=1S/C49H36N6/c1-3-18-40(19-4-1)54-46(50-52-48(54)44-24-12-9-15-36-14-7-10-22-42(36)44)38-30-26-34(27-31-38)35-28-32-39(33-29-35)47-51-53-49(55(47)41-20-5-2-6-21-41)45-25-13-17-37-16-8-11-23-43(37)45/h1-10,13-22,24-33H,11-12,23H2. The second-order valence-corrected chi connectivity index (χ2v) is 13.8. The molecule has 8 aromatic rings. The second kappa shape index (κ2) is 14.0. The number of hydrogen-bond acceptors (Lipinski definition) is 4. The van der Waals surface area contributed by atoms with Crippen LogP contribution in [0.25, 0.3) is 74.4 Å². The number of para-hydroxylation sites is 2. The average molecular weight is 709 g/mol. The van der Waals surface area contributed by atoms with Crippen LogP contribution in [0.1, 0.15) is 40.9 Å². The lowest BCUT2D eigenvalue weighted by atomic mass is 9.92.